The van der Waals surface area contributed by atoms with Crippen molar-refractivity contribution in [1.82, 2.24) is 14.8 Å². The smallest absolute Gasteiger partial charge is 0.240 e. The van der Waals surface area contributed by atoms with Crippen molar-refractivity contribution in [3.8, 4) is 11.8 Å². The van der Waals surface area contributed by atoms with Gasteiger partial charge in [0, 0.05) is 23.8 Å². The van der Waals surface area contributed by atoms with Crippen LogP contribution < -0.4 is 4.90 Å². The SMILES string of the molecule is Cc1ccc(N(CCC#N)C(=O)C(C)Sc2nnc(C3CC3)n2-c2ccccc2)cc1. The number of anilines is 1. The number of nitriles is 1. The Morgan fingerprint density at radius 1 is 1.19 bits per heavy atom. The van der Waals surface area contributed by atoms with Crippen LogP contribution in [0.25, 0.3) is 5.69 Å². The molecule has 4 rings (SSSR count). The summed E-state index contributed by atoms with van der Waals surface area (Å²) in [7, 11) is 0. The van der Waals surface area contributed by atoms with Gasteiger partial charge < -0.3 is 4.90 Å². The van der Waals surface area contributed by atoms with Gasteiger partial charge >= 0.3 is 0 Å². The van der Waals surface area contributed by atoms with Crippen molar-refractivity contribution >= 4 is 23.4 Å². The molecule has 0 aliphatic heterocycles. The van der Waals surface area contributed by atoms with Crippen LogP contribution in [0, 0.1) is 18.3 Å². The lowest BCUT2D eigenvalue weighted by molar-refractivity contribution is -0.117. The van der Waals surface area contributed by atoms with Gasteiger partial charge in [-0.1, -0.05) is 47.7 Å². The Hall–Kier alpha value is -3.11. The highest BCUT2D eigenvalue weighted by Gasteiger charge is 2.32. The molecular weight excluding hydrogens is 406 g/mol. The number of hydrogen-bond acceptors (Lipinski definition) is 5. The average Bonchev–Trinajstić information content (AvgIpc) is 3.55. The summed E-state index contributed by atoms with van der Waals surface area (Å²) in [4.78, 5) is 15.1. The van der Waals surface area contributed by atoms with Gasteiger partial charge in [0.2, 0.25) is 5.91 Å². The fraction of sp³-hybridized carbons (Fsp3) is 0.333. The molecule has 1 aliphatic carbocycles. The number of thioether (sulfide) groups is 1. The molecule has 0 N–H and O–H groups in total. The topological polar surface area (TPSA) is 74.8 Å². The summed E-state index contributed by atoms with van der Waals surface area (Å²) in [6.07, 6.45) is 2.53. The van der Waals surface area contributed by atoms with Crippen LogP contribution in [0.15, 0.2) is 59.8 Å². The standard InChI is InChI=1S/C24H25N5OS/c1-17-9-13-20(14-10-17)28(16-6-15-25)23(30)18(2)31-24-27-26-22(19-11-12-19)29(24)21-7-4-3-5-8-21/h3-5,7-10,13-14,18-19H,6,11-12,16H2,1-2H3. The first kappa shape index (κ1) is 21.1. The van der Waals surface area contributed by atoms with Crippen LogP contribution in [-0.4, -0.2) is 32.5 Å². The molecule has 1 fully saturated rings. The molecule has 31 heavy (non-hydrogen) atoms. The third kappa shape index (κ3) is 4.80. The molecule has 158 valence electrons. The second kappa shape index (κ2) is 9.36. The van der Waals surface area contributed by atoms with Crippen LogP contribution in [0.4, 0.5) is 5.69 Å². The predicted molar refractivity (Wildman–Crippen MR) is 122 cm³/mol. The zero-order chi connectivity index (χ0) is 21.8. The Bertz CT molecular complexity index is 1080. The number of aromatic nitrogens is 3. The Morgan fingerprint density at radius 3 is 2.55 bits per heavy atom. The minimum atomic E-state index is -0.376. The number of para-hydroxylation sites is 1. The van der Waals surface area contributed by atoms with Gasteiger partial charge in [0.05, 0.1) is 17.7 Å². The largest absolute Gasteiger partial charge is 0.310 e. The molecule has 3 aromatic rings. The van der Waals surface area contributed by atoms with Crippen LogP contribution in [-0.2, 0) is 4.79 Å². The van der Waals surface area contributed by atoms with Crippen molar-refractivity contribution in [2.45, 2.75) is 49.4 Å². The summed E-state index contributed by atoms with van der Waals surface area (Å²) >= 11 is 1.41. The third-order valence-corrected chi connectivity index (χ3v) is 6.33. The van der Waals surface area contributed by atoms with Gasteiger partial charge in [0.15, 0.2) is 5.16 Å². The van der Waals surface area contributed by atoms with E-state index in [4.69, 9.17) is 5.26 Å². The Balaban J connectivity index is 1.59. The van der Waals surface area contributed by atoms with E-state index < -0.39 is 0 Å². The maximum Gasteiger partial charge on any atom is 0.240 e. The Morgan fingerprint density at radius 2 is 1.90 bits per heavy atom. The highest BCUT2D eigenvalue weighted by atomic mass is 32.2. The summed E-state index contributed by atoms with van der Waals surface area (Å²) in [5, 5.41) is 18.3. The number of nitrogens with zero attached hydrogens (tertiary/aromatic N) is 5. The fourth-order valence-electron chi connectivity index (χ4n) is 3.46. The highest BCUT2D eigenvalue weighted by Crippen LogP contribution is 2.41. The molecule has 0 radical (unpaired) electrons. The summed E-state index contributed by atoms with van der Waals surface area (Å²) in [5.74, 6) is 1.36. The van der Waals surface area contributed by atoms with E-state index in [0.29, 0.717) is 12.5 Å². The maximum atomic E-state index is 13.4. The molecule has 1 saturated carbocycles. The normalized spacial score (nSPS) is 14.1. The summed E-state index contributed by atoms with van der Waals surface area (Å²) in [6.45, 7) is 4.26. The van der Waals surface area contributed by atoms with Crippen molar-refractivity contribution in [3.05, 3.63) is 66.0 Å². The molecule has 1 atom stereocenters. The molecule has 0 bridgehead atoms. The third-order valence-electron chi connectivity index (χ3n) is 5.30. The molecule has 2 aromatic carbocycles. The van der Waals surface area contributed by atoms with Crippen molar-refractivity contribution < 1.29 is 4.79 Å². The van der Waals surface area contributed by atoms with Gasteiger partial charge in [0.1, 0.15) is 5.82 Å². The second-order valence-corrected chi connectivity index (χ2v) is 9.09. The molecular formula is C24H25N5OS. The van der Waals surface area contributed by atoms with E-state index in [0.717, 1.165) is 40.8 Å². The summed E-state index contributed by atoms with van der Waals surface area (Å²) in [6, 6.07) is 20.0. The maximum absolute atomic E-state index is 13.4. The number of benzene rings is 2. The highest BCUT2D eigenvalue weighted by molar-refractivity contribution is 8.00. The quantitative estimate of drug-likeness (QED) is 0.475. The zero-order valence-electron chi connectivity index (χ0n) is 17.7. The number of amides is 1. The summed E-state index contributed by atoms with van der Waals surface area (Å²) < 4.78 is 2.08. The number of carbonyl (C=O) groups excluding carboxylic acids is 1. The minimum absolute atomic E-state index is 0.0420. The van der Waals surface area contributed by atoms with E-state index in [2.05, 4.69) is 20.8 Å². The number of hydrogen-bond donors (Lipinski definition) is 0. The van der Waals surface area contributed by atoms with Gasteiger partial charge in [-0.05, 0) is 51.0 Å². The number of aryl methyl sites for hydroxylation is 1. The molecule has 1 unspecified atom stereocenters. The van der Waals surface area contributed by atoms with Crippen molar-refractivity contribution in [1.29, 1.82) is 5.26 Å². The number of rotatable bonds is 8. The van der Waals surface area contributed by atoms with E-state index in [1.807, 2.05) is 68.4 Å². The zero-order valence-corrected chi connectivity index (χ0v) is 18.5. The van der Waals surface area contributed by atoms with E-state index in [9.17, 15) is 4.79 Å². The van der Waals surface area contributed by atoms with Gasteiger partial charge in [-0.25, -0.2) is 0 Å². The van der Waals surface area contributed by atoms with Gasteiger partial charge in [-0.2, -0.15) is 5.26 Å². The average molecular weight is 432 g/mol. The molecule has 0 spiro atoms. The van der Waals surface area contributed by atoms with Gasteiger partial charge in [0.25, 0.3) is 0 Å². The number of carbonyl (C=O) groups is 1. The van der Waals surface area contributed by atoms with Crippen LogP contribution in [0.1, 0.15) is 43.5 Å². The minimum Gasteiger partial charge on any atom is -0.310 e. The van der Waals surface area contributed by atoms with Gasteiger partial charge in [-0.15, -0.1) is 10.2 Å². The molecule has 1 amide bonds. The fourth-order valence-corrected chi connectivity index (χ4v) is 4.40. The first-order valence-corrected chi connectivity index (χ1v) is 11.4. The predicted octanol–water partition coefficient (Wildman–Crippen LogP) is 4.88. The monoisotopic (exact) mass is 431 g/mol. The molecule has 7 heteroatoms. The molecule has 6 nitrogen and oxygen atoms in total. The van der Waals surface area contributed by atoms with Crippen molar-refractivity contribution in [2.75, 3.05) is 11.4 Å². The van der Waals surface area contributed by atoms with Crippen molar-refractivity contribution in [3.63, 3.8) is 0 Å². The van der Waals surface area contributed by atoms with Crippen LogP contribution in [0.5, 0.6) is 0 Å². The second-order valence-electron chi connectivity index (χ2n) is 7.78. The van der Waals surface area contributed by atoms with Crippen LogP contribution in [0.3, 0.4) is 0 Å². The lowest BCUT2D eigenvalue weighted by Crippen LogP contribution is -2.37. The molecule has 1 aromatic heterocycles. The summed E-state index contributed by atoms with van der Waals surface area (Å²) in [5.41, 5.74) is 2.94. The van der Waals surface area contributed by atoms with E-state index in [-0.39, 0.29) is 17.6 Å². The molecule has 1 aliphatic rings. The lowest BCUT2D eigenvalue weighted by Gasteiger charge is -2.25. The first-order valence-electron chi connectivity index (χ1n) is 10.5. The van der Waals surface area contributed by atoms with E-state index in [1.165, 1.54) is 11.8 Å². The van der Waals surface area contributed by atoms with Gasteiger partial charge in [-0.3, -0.25) is 9.36 Å². The van der Waals surface area contributed by atoms with E-state index >= 15 is 0 Å². The van der Waals surface area contributed by atoms with Crippen LogP contribution >= 0.6 is 11.8 Å². The Labute approximate surface area is 186 Å². The lowest BCUT2D eigenvalue weighted by atomic mass is 10.2. The first-order chi connectivity index (χ1) is 15.1. The molecule has 0 saturated heterocycles. The Kier molecular flexibility index (Phi) is 6.38. The van der Waals surface area contributed by atoms with E-state index in [1.54, 1.807) is 4.90 Å². The van der Waals surface area contributed by atoms with Crippen LogP contribution in [0.2, 0.25) is 0 Å². The van der Waals surface area contributed by atoms with Crippen molar-refractivity contribution in [2.24, 2.45) is 0 Å². The molecule has 1 heterocycles.